The van der Waals surface area contributed by atoms with E-state index in [1.165, 1.54) is 0 Å². The summed E-state index contributed by atoms with van der Waals surface area (Å²) >= 11 is 0. The number of hydrogen-bond donors (Lipinski definition) is 2. The van der Waals surface area contributed by atoms with Crippen LogP contribution in [0.3, 0.4) is 0 Å². The molecule has 0 aliphatic rings. The molecule has 0 aromatic heterocycles. The molecule has 0 saturated carbocycles. The zero-order valence-corrected chi connectivity index (χ0v) is 11.5. The van der Waals surface area contributed by atoms with Gasteiger partial charge in [-0.25, -0.2) is 0 Å². The second-order valence-electron chi connectivity index (χ2n) is 5.06. The Labute approximate surface area is 109 Å². The Balaban J connectivity index is 2.41. The van der Waals surface area contributed by atoms with Crippen molar-refractivity contribution in [3.63, 3.8) is 0 Å². The molecule has 0 aliphatic carbocycles. The Bertz CT molecular complexity index is 381. The molecule has 3 heteroatoms. The molecule has 2 N–H and O–H groups in total. The number of aliphatic hydroxyl groups is 1. The third-order valence-corrected chi connectivity index (χ3v) is 2.95. The minimum atomic E-state index is -0.0153. The quantitative estimate of drug-likeness (QED) is 0.761. The van der Waals surface area contributed by atoms with Crippen LogP contribution in [0.15, 0.2) is 18.2 Å². The summed E-state index contributed by atoms with van der Waals surface area (Å²) in [5.41, 5.74) is 2.94. The molecule has 1 atom stereocenters. The molecule has 1 aromatic carbocycles. The summed E-state index contributed by atoms with van der Waals surface area (Å²) in [7, 11) is 0. The van der Waals surface area contributed by atoms with E-state index in [0.717, 1.165) is 29.5 Å². The Morgan fingerprint density at radius 1 is 1.28 bits per heavy atom. The summed E-state index contributed by atoms with van der Waals surface area (Å²) < 4.78 is 0. The van der Waals surface area contributed by atoms with E-state index < -0.39 is 0 Å². The SMILES string of the molecule is Cc1cc(C)cc(C(=O)NCCCC(C)CO)c1. The highest BCUT2D eigenvalue weighted by atomic mass is 16.3. The molecule has 18 heavy (non-hydrogen) atoms. The molecular weight excluding hydrogens is 226 g/mol. The van der Waals surface area contributed by atoms with Crippen molar-refractivity contribution in [2.45, 2.75) is 33.6 Å². The van der Waals surface area contributed by atoms with E-state index in [2.05, 4.69) is 11.4 Å². The molecule has 3 nitrogen and oxygen atoms in total. The van der Waals surface area contributed by atoms with Crippen LogP contribution in [0, 0.1) is 19.8 Å². The minimum Gasteiger partial charge on any atom is -0.396 e. The molecular formula is C15H23NO2. The lowest BCUT2D eigenvalue weighted by molar-refractivity contribution is 0.0952. The van der Waals surface area contributed by atoms with Gasteiger partial charge in [0.2, 0.25) is 0 Å². The van der Waals surface area contributed by atoms with Crippen molar-refractivity contribution >= 4 is 5.91 Å². The topological polar surface area (TPSA) is 49.3 Å². The first-order chi connectivity index (χ1) is 8.52. The average Bonchev–Trinajstić information content (AvgIpc) is 2.32. The fourth-order valence-electron chi connectivity index (χ4n) is 1.95. The van der Waals surface area contributed by atoms with Crippen molar-refractivity contribution in [3.8, 4) is 0 Å². The van der Waals surface area contributed by atoms with Gasteiger partial charge in [0.1, 0.15) is 0 Å². The molecule has 0 heterocycles. The first kappa shape index (κ1) is 14.7. The van der Waals surface area contributed by atoms with E-state index >= 15 is 0 Å². The van der Waals surface area contributed by atoms with Crippen LogP contribution >= 0.6 is 0 Å². The van der Waals surface area contributed by atoms with Gasteiger partial charge in [0.05, 0.1) is 0 Å². The number of amides is 1. The van der Waals surface area contributed by atoms with Gasteiger partial charge in [-0.3, -0.25) is 4.79 Å². The van der Waals surface area contributed by atoms with Crippen molar-refractivity contribution in [2.24, 2.45) is 5.92 Å². The number of rotatable bonds is 6. The van der Waals surface area contributed by atoms with Gasteiger partial charge in [-0.15, -0.1) is 0 Å². The lowest BCUT2D eigenvalue weighted by Gasteiger charge is -2.09. The van der Waals surface area contributed by atoms with E-state index in [1.807, 2.05) is 32.9 Å². The third-order valence-electron chi connectivity index (χ3n) is 2.95. The normalized spacial score (nSPS) is 12.2. The molecule has 0 spiro atoms. The number of nitrogens with one attached hydrogen (secondary N) is 1. The number of carbonyl (C=O) groups excluding carboxylic acids is 1. The Hall–Kier alpha value is -1.35. The van der Waals surface area contributed by atoms with Gasteiger partial charge in [-0.1, -0.05) is 24.1 Å². The average molecular weight is 249 g/mol. The summed E-state index contributed by atoms with van der Waals surface area (Å²) in [6.45, 7) is 6.87. The predicted octanol–water partition coefficient (Wildman–Crippen LogP) is 2.44. The number of benzene rings is 1. The first-order valence-corrected chi connectivity index (χ1v) is 6.50. The summed E-state index contributed by atoms with van der Waals surface area (Å²) in [6.07, 6.45) is 1.84. The van der Waals surface area contributed by atoms with E-state index in [4.69, 9.17) is 5.11 Å². The molecule has 0 fully saturated rings. The summed E-state index contributed by atoms with van der Waals surface area (Å²) in [5.74, 6) is 0.293. The van der Waals surface area contributed by atoms with Crippen molar-refractivity contribution in [1.29, 1.82) is 0 Å². The van der Waals surface area contributed by atoms with Gasteiger partial charge >= 0.3 is 0 Å². The van der Waals surface area contributed by atoms with Crippen molar-refractivity contribution in [1.82, 2.24) is 5.32 Å². The van der Waals surface area contributed by atoms with Crippen LogP contribution in [0.4, 0.5) is 0 Å². The van der Waals surface area contributed by atoms with Crippen molar-refractivity contribution < 1.29 is 9.90 Å². The van der Waals surface area contributed by atoms with E-state index in [0.29, 0.717) is 12.5 Å². The number of aliphatic hydroxyl groups excluding tert-OH is 1. The maximum atomic E-state index is 11.9. The molecule has 1 amide bonds. The maximum Gasteiger partial charge on any atom is 0.251 e. The standard InChI is InChI=1S/C15H23NO2/c1-11(10-17)5-4-6-16-15(18)14-8-12(2)7-13(3)9-14/h7-9,11,17H,4-6,10H2,1-3H3,(H,16,18). The van der Waals surface area contributed by atoms with Crippen LogP contribution in [0.1, 0.15) is 41.3 Å². The molecule has 1 aromatic rings. The number of aryl methyl sites for hydroxylation is 2. The largest absolute Gasteiger partial charge is 0.396 e. The molecule has 0 saturated heterocycles. The predicted molar refractivity (Wildman–Crippen MR) is 73.7 cm³/mol. The highest BCUT2D eigenvalue weighted by molar-refractivity contribution is 5.94. The highest BCUT2D eigenvalue weighted by Crippen LogP contribution is 2.09. The van der Waals surface area contributed by atoms with Gasteiger partial charge in [0.15, 0.2) is 0 Å². The van der Waals surface area contributed by atoms with Crippen molar-refractivity contribution in [3.05, 3.63) is 34.9 Å². The lowest BCUT2D eigenvalue weighted by atomic mass is 10.1. The van der Waals surface area contributed by atoms with Gasteiger partial charge in [-0.05, 0) is 44.7 Å². The van der Waals surface area contributed by atoms with Gasteiger partial charge in [0, 0.05) is 18.7 Å². The Morgan fingerprint density at radius 2 is 1.89 bits per heavy atom. The maximum absolute atomic E-state index is 11.9. The summed E-state index contributed by atoms with van der Waals surface area (Å²) in [4.78, 5) is 11.9. The Kier molecular flexibility index (Phi) is 5.86. The number of hydrogen-bond acceptors (Lipinski definition) is 2. The van der Waals surface area contributed by atoms with Crippen LogP contribution in [0.5, 0.6) is 0 Å². The van der Waals surface area contributed by atoms with Crippen LogP contribution in [-0.2, 0) is 0 Å². The smallest absolute Gasteiger partial charge is 0.251 e. The van der Waals surface area contributed by atoms with Crippen LogP contribution in [0.2, 0.25) is 0 Å². The van der Waals surface area contributed by atoms with Gasteiger partial charge in [-0.2, -0.15) is 0 Å². The lowest BCUT2D eigenvalue weighted by Crippen LogP contribution is -2.25. The first-order valence-electron chi connectivity index (χ1n) is 6.50. The van der Waals surface area contributed by atoms with Gasteiger partial charge < -0.3 is 10.4 Å². The second kappa shape index (κ2) is 7.17. The van der Waals surface area contributed by atoms with Crippen LogP contribution < -0.4 is 5.32 Å². The monoisotopic (exact) mass is 249 g/mol. The second-order valence-corrected chi connectivity index (χ2v) is 5.06. The molecule has 0 aliphatic heterocycles. The van der Waals surface area contributed by atoms with E-state index in [1.54, 1.807) is 0 Å². The molecule has 100 valence electrons. The van der Waals surface area contributed by atoms with Gasteiger partial charge in [0.25, 0.3) is 5.91 Å². The fraction of sp³-hybridized carbons (Fsp3) is 0.533. The fourth-order valence-corrected chi connectivity index (χ4v) is 1.95. The van der Waals surface area contributed by atoms with E-state index in [-0.39, 0.29) is 12.5 Å². The number of carbonyl (C=O) groups is 1. The van der Waals surface area contributed by atoms with Crippen molar-refractivity contribution in [2.75, 3.05) is 13.2 Å². The minimum absolute atomic E-state index is 0.0153. The summed E-state index contributed by atoms with van der Waals surface area (Å²) in [6, 6.07) is 5.86. The Morgan fingerprint density at radius 3 is 2.44 bits per heavy atom. The highest BCUT2D eigenvalue weighted by Gasteiger charge is 2.06. The molecule has 1 unspecified atom stereocenters. The molecule has 1 rings (SSSR count). The van der Waals surface area contributed by atoms with E-state index in [9.17, 15) is 4.79 Å². The molecule has 0 bridgehead atoms. The zero-order chi connectivity index (χ0) is 13.5. The van der Waals surface area contributed by atoms with Crippen LogP contribution in [-0.4, -0.2) is 24.2 Å². The zero-order valence-electron chi connectivity index (χ0n) is 11.5. The molecule has 0 radical (unpaired) electrons. The van der Waals surface area contributed by atoms with Crippen LogP contribution in [0.25, 0.3) is 0 Å². The summed E-state index contributed by atoms with van der Waals surface area (Å²) in [5, 5.41) is 11.8. The third kappa shape index (κ3) is 4.88.